The number of para-hydroxylation sites is 1. The van der Waals surface area contributed by atoms with Gasteiger partial charge in [-0.05, 0) is 6.07 Å². The Morgan fingerprint density at radius 2 is 1.80 bits per heavy atom. The maximum atomic E-state index is 10.6. The fourth-order valence-electron chi connectivity index (χ4n) is 3.13. The van der Waals surface area contributed by atoms with Gasteiger partial charge in [-0.25, -0.2) is 0 Å². The minimum atomic E-state index is -0.534. The summed E-state index contributed by atoms with van der Waals surface area (Å²) in [7, 11) is 3.40. The number of rotatable bonds is 3. The van der Waals surface area contributed by atoms with Crippen LogP contribution in [-0.4, -0.2) is 62.2 Å². The summed E-state index contributed by atoms with van der Waals surface area (Å²) < 4.78 is 16.7. The topological polar surface area (TPSA) is 51.2 Å². The molecule has 110 valence electrons. The van der Waals surface area contributed by atoms with Crippen LogP contribution in [0.25, 0.3) is 0 Å². The van der Waals surface area contributed by atoms with Gasteiger partial charge in [0.15, 0.2) is 0 Å². The molecule has 5 nitrogen and oxygen atoms in total. The third-order valence-electron chi connectivity index (χ3n) is 4.33. The maximum absolute atomic E-state index is 10.6. The van der Waals surface area contributed by atoms with E-state index in [1.165, 1.54) is 0 Å². The molecule has 0 aromatic heterocycles. The number of fused-ring (bicyclic) bond motifs is 1. The van der Waals surface area contributed by atoms with Crippen molar-refractivity contribution in [1.82, 2.24) is 4.90 Å². The Balaban J connectivity index is 1.76. The van der Waals surface area contributed by atoms with E-state index in [0.717, 1.165) is 24.4 Å². The van der Waals surface area contributed by atoms with Crippen LogP contribution in [0.15, 0.2) is 24.3 Å². The summed E-state index contributed by atoms with van der Waals surface area (Å²) in [5.41, 5.74) is 0.860. The third-order valence-corrected chi connectivity index (χ3v) is 4.33. The summed E-state index contributed by atoms with van der Waals surface area (Å²) in [4.78, 5) is 2.20. The lowest BCUT2D eigenvalue weighted by atomic mass is 9.98. The fourth-order valence-corrected chi connectivity index (χ4v) is 3.13. The lowest BCUT2D eigenvalue weighted by molar-refractivity contribution is -0.00461. The number of benzene rings is 1. The van der Waals surface area contributed by atoms with E-state index in [2.05, 4.69) is 4.90 Å². The molecule has 1 aromatic carbocycles. The molecule has 0 spiro atoms. The van der Waals surface area contributed by atoms with Gasteiger partial charge in [-0.15, -0.1) is 0 Å². The van der Waals surface area contributed by atoms with E-state index in [1.807, 2.05) is 24.3 Å². The number of likely N-dealkylation sites (tertiary alicyclic amines) is 1. The first-order valence-corrected chi connectivity index (χ1v) is 6.94. The van der Waals surface area contributed by atoms with E-state index in [9.17, 15) is 5.11 Å². The molecule has 20 heavy (non-hydrogen) atoms. The molecule has 0 amide bonds. The average Bonchev–Trinajstić information content (AvgIpc) is 2.91. The highest BCUT2D eigenvalue weighted by Crippen LogP contribution is 2.35. The van der Waals surface area contributed by atoms with E-state index in [-0.39, 0.29) is 18.2 Å². The molecule has 0 bridgehead atoms. The summed E-state index contributed by atoms with van der Waals surface area (Å²) in [6.45, 7) is 2.00. The molecule has 1 aromatic rings. The number of hydrogen-bond acceptors (Lipinski definition) is 5. The third kappa shape index (κ3) is 2.31. The molecule has 1 saturated heterocycles. The van der Waals surface area contributed by atoms with Crippen LogP contribution >= 0.6 is 0 Å². The van der Waals surface area contributed by atoms with Crippen molar-refractivity contribution in [1.29, 1.82) is 0 Å². The highest BCUT2D eigenvalue weighted by molar-refractivity contribution is 5.37. The predicted octanol–water partition coefficient (Wildman–Crippen LogP) is 0.827. The second kappa shape index (κ2) is 5.69. The summed E-state index contributed by atoms with van der Waals surface area (Å²) >= 11 is 0. The second-order valence-electron chi connectivity index (χ2n) is 5.36. The van der Waals surface area contributed by atoms with Crippen LogP contribution in [0.2, 0.25) is 0 Å². The van der Waals surface area contributed by atoms with Gasteiger partial charge in [-0.3, -0.25) is 4.90 Å². The van der Waals surface area contributed by atoms with E-state index in [1.54, 1.807) is 14.2 Å². The Hall–Kier alpha value is -1.14. The van der Waals surface area contributed by atoms with Gasteiger partial charge in [-0.1, -0.05) is 18.2 Å². The number of hydrogen-bond donors (Lipinski definition) is 1. The Morgan fingerprint density at radius 1 is 1.15 bits per heavy atom. The normalized spacial score (nSPS) is 33.8. The van der Waals surface area contributed by atoms with E-state index in [4.69, 9.17) is 14.2 Å². The van der Waals surface area contributed by atoms with Crippen molar-refractivity contribution in [3.63, 3.8) is 0 Å². The van der Waals surface area contributed by atoms with Crippen molar-refractivity contribution in [2.45, 2.75) is 24.4 Å². The molecule has 2 aliphatic heterocycles. The number of methoxy groups -OCH3 is 2. The molecule has 2 aliphatic rings. The Morgan fingerprint density at radius 3 is 2.45 bits per heavy atom. The van der Waals surface area contributed by atoms with Crippen LogP contribution in [0.1, 0.15) is 11.7 Å². The minimum absolute atomic E-state index is 0.0457. The summed E-state index contributed by atoms with van der Waals surface area (Å²) in [6, 6.07) is 7.61. The van der Waals surface area contributed by atoms with Gasteiger partial charge in [0.05, 0.1) is 18.2 Å². The van der Waals surface area contributed by atoms with E-state index in [0.29, 0.717) is 6.61 Å². The zero-order valence-corrected chi connectivity index (χ0v) is 11.9. The minimum Gasteiger partial charge on any atom is -0.491 e. The van der Waals surface area contributed by atoms with Gasteiger partial charge < -0.3 is 19.3 Å². The molecule has 1 N–H and O–H groups in total. The SMILES string of the molecule is COC1CN(C2COc3ccccc3C2O)CC1OC. The zero-order chi connectivity index (χ0) is 14.1. The van der Waals surface area contributed by atoms with Crippen LogP contribution in [0.3, 0.4) is 0 Å². The summed E-state index contributed by atoms with van der Waals surface area (Å²) in [6.07, 6.45) is -0.443. The van der Waals surface area contributed by atoms with Crippen LogP contribution in [0, 0.1) is 0 Å². The lowest BCUT2D eigenvalue weighted by Crippen LogP contribution is -2.45. The molecule has 0 radical (unpaired) electrons. The van der Waals surface area contributed by atoms with Gasteiger partial charge in [0.25, 0.3) is 0 Å². The number of nitrogens with zero attached hydrogens (tertiary/aromatic N) is 1. The van der Waals surface area contributed by atoms with Crippen LogP contribution in [0.5, 0.6) is 5.75 Å². The molecule has 4 unspecified atom stereocenters. The van der Waals surface area contributed by atoms with Crippen molar-refractivity contribution >= 4 is 0 Å². The zero-order valence-electron chi connectivity index (χ0n) is 11.9. The molecular formula is C15H21NO4. The first-order valence-electron chi connectivity index (χ1n) is 6.94. The summed E-state index contributed by atoms with van der Waals surface area (Å²) in [5.74, 6) is 0.780. The first kappa shape index (κ1) is 13.8. The Labute approximate surface area is 119 Å². The molecule has 0 aliphatic carbocycles. The van der Waals surface area contributed by atoms with Crippen molar-refractivity contribution in [2.24, 2.45) is 0 Å². The van der Waals surface area contributed by atoms with Crippen molar-refractivity contribution in [3.05, 3.63) is 29.8 Å². The molecular weight excluding hydrogens is 258 g/mol. The number of aliphatic hydroxyl groups is 1. The van der Waals surface area contributed by atoms with Gasteiger partial charge in [0, 0.05) is 32.9 Å². The van der Waals surface area contributed by atoms with Crippen LogP contribution in [-0.2, 0) is 9.47 Å². The predicted molar refractivity (Wildman–Crippen MR) is 73.9 cm³/mol. The molecule has 5 heteroatoms. The van der Waals surface area contributed by atoms with Crippen molar-refractivity contribution in [3.8, 4) is 5.75 Å². The molecule has 0 saturated carbocycles. The smallest absolute Gasteiger partial charge is 0.125 e. The Kier molecular flexibility index (Phi) is 3.94. The molecule has 3 rings (SSSR count). The summed E-state index contributed by atoms with van der Waals surface area (Å²) in [5, 5.41) is 10.6. The number of aliphatic hydroxyl groups excluding tert-OH is 1. The first-order chi connectivity index (χ1) is 9.74. The molecule has 4 atom stereocenters. The lowest BCUT2D eigenvalue weighted by Gasteiger charge is -2.36. The van der Waals surface area contributed by atoms with Crippen molar-refractivity contribution in [2.75, 3.05) is 33.9 Å². The van der Waals surface area contributed by atoms with E-state index >= 15 is 0 Å². The number of ether oxygens (including phenoxy) is 3. The fraction of sp³-hybridized carbons (Fsp3) is 0.600. The maximum Gasteiger partial charge on any atom is 0.125 e. The van der Waals surface area contributed by atoms with Crippen LogP contribution < -0.4 is 4.74 Å². The quantitative estimate of drug-likeness (QED) is 0.888. The van der Waals surface area contributed by atoms with Crippen LogP contribution in [0.4, 0.5) is 0 Å². The second-order valence-corrected chi connectivity index (χ2v) is 5.36. The van der Waals surface area contributed by atoms with Crippen molar-refractivity contribution < 1.29 is 19.3 Å². The van der Waals surface area contributed by atoms with Gasteiger partial charge in [0.2, 0.25) is 0 Å². The van der Waals surface area contributed by atoms with E-state index < -0.39 is 6.10 Å². The van der Waals surface area contributed by atoms with Gasteiger partial charge >= 0.3 is 0 Å². The average molecular weight is 279 g/mol. The monoisotopic (exact) mass is 279 g/mol. The highest BCUT2D eigenvalue weighted by atomic mass is 16.5. The molecule has 2 heterocycles. The Bertz CT molecular complexity index is 455. The molecule has 1 fully saturated rings. The van der Waals surface area contributed by atoms with Gasteiger partial charge in [0.1, 0.15) is 18.5 Å². The van der Waals surface area contributed by atoms with Gasteiger partial charge in [-0.2, -0.15) is 0 Å². The highest BCUT2D eigenvalue weighted by Gasteiger charge is 2.41. The largest absolute Gasteiger partial charge is 0.491 e. The standard InChI is InChI=1S/C15H21NO4/c1-18-13-7-16(8-14(13)19-2)11-9-20-12-6-4-3-5-10(12)15(11)17/h3-6,11,13-15,17H,7-9H2,1-2H3.